The van der Waals surface area contributed by atoms with Crippen LogP contribution in [-0.2, 0) is 6.42 Å². The first kappa shape index (κ1) is 33.0. The second kappa shape index (κ2) is 13.4. The molecule has 54 heavy (non-hydrogen) atoms. The fourth-order valence-corrected chi connectivity index (χ4v) is 12.5. The smallest absolute Gasteiger partial charge is 0.128 e. The number of ether oxygens (including phenoxy) is 1. The summed E-state index contributed by atoms with van der Waals surface area (Å²) in [7, 11) is 0. The molecule has 0 spiro atoms. The molecule has 3 aromatic carbocycles. The normalized spacial score (nSPS) is 32.1. The number of para-hydroxylation sites is 1. The summed E-state index contributed by atoms with van der Waals surface area (Å²) >= 11 is 0. The predicted molar refractivity (Wildman–Crippen MR) is 226 cm³/mol. The largest absolute Gasteiger partial charge is 0.485 e. The highest BCUT2D eigenvalue weighted by molar-refractivity contribution is 6.01. The Kier molecular flexibility index (Phi) is 8.22. The van der Waals surface area contributed by atoms with Crippen molar-refractivity contribution < 1.29 is 4.74 Å². The van der Waals surface area contributed by atoms with Gasteiger partial charge in [-0.05, 0) is 168 Å². The van der Waals surface area contributed by atoms with Gasteiger partial charge in [-0.25, -0.2) is 0 Å². The highest BCUT2D eigenvalue weighted by Crippen LogP contribution is 2.56. The summed E-state index contributed by atoms with van der Waals surface area (Å²) in [6.45, 7) is 2.54. The summed E-state index contributed by atoms with van der Waals surface area (Å²) in [6, 6.07) is 18.4. The van der Waals surface area contributed by atoms with E-state index in [1.54, 1.807) is 39.0 Å². The zero-order chi connectivity index (χ0) is 35.8. The molecule has 0 bridgehead atoms. The lowest BCUT2D eigenvalue weighted by Crippen LogP contribution is -2.42. The van der Waals surface area contributed by atoms with Gasteiger partial charge in [0.05, 0.1) is 0 Å². The van der Waals surface area contributed by atoms with Crippen LogP contribution in [0, 0.1) is 35.5 Å². The Labute approximate surface area is 322 Å². The summed E-state index contributed by atoms with van der Waals surface area (Å²) in [5, 5.41) is 2.97. The van der Waals surface area contributed by atoms with Gasteiger partial charge in [-0.2, -0.15) is 0 Å². The van der Waals surface area contributed by atoms with Crippen LogP contribution in [0.1, 0.15) is 111 Å². The standard InChI is InChI=1S/C53H54O/c1-33-28-29-37(31-47(33)48-32-49-41-20-10-11-27-50(41)54-53(49)46-25-9-4-19-40(46)48)52-44-23-7-5-21-42(44)51(43-22-6-8-24-45(43)52)36-17-12-16-35(30-36)39-26-13-15-34-14-2-3-18-38(34)39/h3-7,10-12,17-23,26-27,29,32-33,35-36,40,46-48,53H,2,8-9,13-16,24-25,28,30-31H2,1H3. The first-order valence-electron chi connectivity index (χ1n) is 21.5. The van der Waals surface area contributed by atoms with Gasteiger partial charge in [0.2, 0.25) is 0 Å². The van der Waals surface area contributed by atoms with Gasteiger partial charge in [0, 0.05) is 17.4 Å². The molecular formula is C53H54O. The third-order valence-corrected chi connectivity index (χ3v) is 15.0. The van der Waals surface area contributed by atoms with Crippen LogP contribution in [0.4, 0.5) is 0 Å². The number of benzene rings is 3. The van der Waals surface area contributed by atoms with Crippen molar-refractivity contribution in [3.63, 3.8) is 0 Å². The number of fused-ring (bicyclic) bond motifs is 7. The minimum atomic E-state index is 0.207. The lowest BCUT2D eigenvalue weighted by molar-refractivity contribution is 0.0969. The number of allylic oxidation sites excluding steroid dienone is 14. The summed E-state index contributed by atoms with van der Waals surface area (Å²) < 4.78 is 6.74. The molecule has 7 aliphatic carbocycles. The molecular weight excluding hydrogens is 653 g/mol. The lowest BCUT2D eigenvalue weighted by Gasteiger charge is -2.46. The van der Waals surface area contributed by atoms with E-state index in [1.807, 2.05) is 0 Å². The number of hydrogen-bond acceptors (Lipinski definition) is 1. The monoisotopic (exact) mass is 706 g/mol. The molecule has 8 aliphatic rings. The first-order valence-corrected chi connectivity index (χ1v) is 21.5. The van der Waals surface area contributed by atoms with Gasteiger partial charge in [0.15, 0.2) is 0 Å². The maximum atomic E-state index is 6.74. The van der Waals surface area contributed by atoms with Crippen LogP contribution in [0.15, 0.2) is 126 Å². The molecule has 0 amide bonds. The minimum Gasteiger partial charge on any atom is -0.485 e. The molecule has 272 valence electrons. The van der Waals surface area contributed by atoms with E-state index in [9.17, 15) is 0 Å². The van der Waals surface area contributed by atoms with E-state index in [2.05, 4.69) is 122 Å². The van der Waals surface area contributed by atoms with Crippen molar-refractivity contribution in [3.05, 3.63) is 154 Å². The van der Waals surface area contributed by atoms with Gasteiger partial charge in [-0.15, -0.1) is 0 Å². The maximum absolute atomic E-state index is 6.74. The molecule has 8 unspecified atom stereocenters. The van der Waals surface area contributed by atoms with Crippen LogP contribution < -0.4 is 4.74 Å². The van der Waals surface area contributed by atoms with Gasteiger partial charge in [0.25, 0.3) is 0 Å². The van der Waals surface area contributed by atoms with Gasteiger partial charge in [-0.1, -0.05) is 122 Å². The fourth-order valence-electron chi connectivity index (χ4n) is 12.5. The quantitative estimate of drug-likeness (QED) is 0.245. The second-order valence-corrected chi connectivity index (χ2v) is 17.8. The molecule has 0 fully saturated rings. The predicted octanol–water partition coefficient (Wildman–Crippen LogP) is 13.7. The van der Waals surface area contributed by atoms with Crippen LogP contribution in [0.5, 0.6) is 5.75 Å². The zero-order valence-electron chi connectivity index (χ0n) is 32.0. The van der Waals surface area contributed by atoms with E-state index in [0.717, 1.165) is 31.4 Å². The molecule has 11 rings (SSSR count). The van der Waals surface area contributed by atoms with Crippen LogP contribution in [-0.4, -0.2) is 6.10 Å². The summed E-state index contributed by atoms with van der Waals surface area (Å²) in [5.41, 5.74) is 15.7. The van der Waals surface area contributed by atoms with Crippen LogP contribution in [0.25, 0.3) is 28.0 Å². The first-order chi connectivity index (χ1) is 26.7. The Balaban J connectivity index is 0.984. The Bertz CT molecular complexity index is 2270. The third kappa shape index (κ3) is 5.31. The Hall–Kier alpha value is -4.36. The van der Waals surface area contributed by atoms with E-state index in [-0.39, 0.29) is 6.10 Å². The lowest BCUT2D eigenvalue weighted by atomic mass is 9.59. The molecule has 0 aromatic heterocycles. The van der Waals surface area contributed by atoms with Crippen molar-refractivity contribution in [1.29, 1.82) is 0 Å². The van der Waals surface area contributed by atoms with E-state index < -0.39 is 0 Å². The Morgan fingerprint density at radius 1 is 0.704 bits per heavy atom. The molecule has 1 aliphatic heterocycles. The topological polar surface area (TPSA) is 9.23 Å². The third-order valence-electron chi connectivity index (χ3n) is 15.0. The summed E-state index contributed by atoms with van der Waals surface area (Å²) in [4.78, 5) is 0. The Morgan fingerprint density at radius 2 is 1.56 bits per heavy atom. The van der Waals surface area contributed by atoms with E-state index in [4.69, 9.17) is 4.74 Å². The SMILES string of the molecule is CC1CC=C(c2c3c(c(C4C=CCC(C5=CCCC6=C5C=CCC6)C4)c4ccccc24)C=CCC3)CC1C1C=C2c3ccccc3OC2C2CCC=CC12. The average molecular weight is 707 g/mol. The van der Waals surface area contributed by atoms with E-state index in [1.165, 1.54) is 78.8 Å². The van der Waals surface area contributed by atoms with Crippen LogP contribution in [0.2, 0.25) is 0 Å². The van der Waals surface area contributed by atoms with E-state index in [0.29, 0.717) is 41.4 Å². The fraction of sp³-hybridized carbons (Fsp3) is 0.396. The van der Waals surface area contributed by atoms with Crippen molar-refractivity contribution >= 4 is 28.0 Å². The summed E-state index contributed by atoms with van der Waals surface area (Å²) in [5.74, 6) is 5.00. The van der Waals surface area contributed by atoms with Crippen molar-refractivity contribution in [1.82, 2.24) is 0 Å². The average Bonchev–Trinajstić information content (AvgIpc) is 3.61. The van der Waals surface area contributed by atoms with Gasteiger partial charge < -0.3 is 4.74 Å². The van der Waals surface area contributed by atoms with Gasteiger partial charge in [0.1, 0.15) is 11.9 Å². The molecule has 0 N–H and O–H groups in total. The van der Waals surface area contributed by atoms with Crippen LogP contribution >= 0.6 is 0 Å². The Morgan fingerprint density at radius 3 is 2.52 bits per heavy atom. The molecule has 1 heteroatoms. The number of hydrogen-bond donors (Lipinski definition) is 0. The van der Waals surface area contributed by atoms with Crippen molar-refractivity contribution in [3.8, 4) is 5.75 Å². The minimum absolute atomic E-state index is 0.207. The second-order valence-electron chi connectivity index (χ2n) is 17.8. The molecule has 1 nitrogen and oxygen atoms in total. The molecule has 0 saturated heterocycles. The summed E-state index contributed by atoms with van der Waals surface area (Å²) in [6.07, 6.45) is 42.5. The van der Waals surface area contributed by atoms with Crippen molar-refractivity contribution in [2.75, 3.05) is 0 Å². The van der Waals surface area contributed by atoms with Gasteiger partial charge in [-0.3, -0.25) is 0 Å². The maximum Gasteiger partial charge on any atom is 0.128 e. The van der Waals surface area contributed by atoms with E-state index >= 15 is 0 Å². The molecule has 0 saturated carbocycles. The number of rotatable bonds is 4. The van der Waals surface area contributed by atoms with Crippen molar-refractivity contribution in [2.45, 2.75) is 96.0 Å². The zero-order valence-corrected chi connectivity index (χ0v) is 32.0. The van der Waals surface area contributed by atoms with Crippen molar-refractivity contribution in [2.24, 2.45) is 35.5 Å². The highest BCUT2D eigenvalue weighted by atomic mass is 16.5. The molecule has 8 atom stereocenters. The van der Waals surface area contributed by atoms with Crippen LogP contribution in [0.3, 0.4) is 0 Å². The highest BCUT2D eigenvalue weighted by Gasteiger charge is 2.48. The molecule has 3 aromatic rings. The molecule has 1 heterocycles. The molecule has 0 radical (unpaired) electrons. The van der Waals surface area contributed by atoms with Gasteiger partial charge >= 0.3 is 0 Å².